The van der Waals surface area contributed by atoms with E-state index < -0.39 is 5.79 Å². The van der Waals surface area contributed by atoms with Gasteiger partial charge in [0.25, 0.3) is 0 Å². The van der Waals surface area contributed by atoms with Crippen molar-refractivity contribution in [3.05, 3.63) is 23.4 Å². The summed E-state index contributed by atoms with van der Waals surface area (Å²) in [5.74, 6) is 1.14. The molecule has 1 aliphatic carbocycles. The number of aryl methyl sites for hydroxylation is 1. The van der Waals surface area contributed by atoms with Gasteiger partial charge in [0.05, 0.1) is 0 Å². The number of aromatic nitrogens is 1. The number of likely N-dealkylation sites (N-methyl/N-ethyl adjacent to an activating group) is 1. The molecule has 0 saturated carbocycles. The van der Waals surface area contributed by atoms with E-state index in [1.807, 2.05) is 13.8 Å². The average Bonchev–Trinajstić information content (AvgIpc) is 2.91. The number of hydrogen-bond donors (Lipinski definition) is 2. The zero-order valence-electron chi connectivity index (χ0n) is 12.9. The molecule has 1 atom stereocenters. The fourth-order valence-electron chi connectivity index (χ4n) is 3.60. The third-order valence-electron chi connectivity index (χ3n) is 4.46. The Balaban J connectivity index is 1.77. The predicted molar refractivity (Wildman–Crippen MR) is 83.1 cm³/mol. The Morgan fingerprint density at radius 1 is 1.29 bits per heavy atom. The van der Waals surface area contributed by atoms with Crippen LogP contribution in [0.2, 0.25) is 0 Å². The molecule has 2 heterocycles. The highest BCUT2D eigenvalue weighted by Crippen LogP contribution is 2.43. The third kappa shape index (κ3) is 2.09. The summed E-state index contributed by atoms with van der Waals surface area (Å²) in [7, 11) is 0. The second-order valence-corrected chi connectivity index (χ2v) is 6.53. The fourth-order valence-corrected chi connectivity index (χ4v) is 3.60. The van der Waals surface area contributed by atoms with E-state index in [0.29, 0.717) is 6.04 Å². The molecule has 1 aromatic carbocycles. The van der Waals surface area contributed by atoms with E-state index in [4.69, 9.17) is 9.47 Å². The van der Waals surface area contributed by atoms with E-state index in [9.17, 15) is 0 Å². The van der Waals surface area contributed by atoms with Gasteiger partial charge in [0.1, 0.15) is 0 Å². The van der Waals surface area contributed by atoms with E-state index in [1.165, 1.54) is 23.1 Å². The SMILES string of the molecule is CCNC1CCc2[nH]c3cc4c(cc3c2C1)OC(C)(C)O4. The van der Waals surface area contributed by atoms with Crippen LogP contribution in [-0.4, -0.2) is 23.4 Å². The summed E-state index contributed by atoms with van der Waals surface area (Å²) in [4.78, 5) is 3.57. The minimum absolute atomic E-state index is 0.562. The summed E-state index contributed by atoms with van der Waals surface area (Å²) < 4.78 is 11.7. The van der Waals surface area contributed by atoms with Gasteiger partial charge in [-0.2, -0.15) is 0 Å². The Hall–Kier alpha value is -1.68. The van der Waals surface area contributed by atoms with Gasteiger partial charge in [-0.1, -0.05) is 6.92 Å². The first-order valence-electron chi connectivity index (χ1n) is 7.84. The third-order valence-corrected chi connectivity index (χ3v) is 4.46. The number of H-pyrrole nitrogens is 1. The van der Waals surface area contributed by atoms with Crippen LogP contribution in [0.4, 0.5) is 0 Å². The Kier molecular flexibility index (Phi) is 2.73. The number of nitrogens with one attached hydrogen (secondary N) is 2. The maximum absolute atomic E-state index is 5.89. The molecule has 2 aromatic rings. The van der Waals surface area contributed by atoms with Gasteiger partial charge in [0.2, 0.25) is 5.79 Å². The summed E-state index contributed by atoms with van der Waals surface area (Å²) in [6.07, 6.45) is 3.40. The van der Waals surface area contributed by atoms with Crippen molar-refractivity contribution in [1.29, 1.82) is 0 Å². The smallest absolute Gasteiger partial charge is 0.246 e. The molecule has 0 fully saturated rings. The van der Waals surface area contributed by atoms with Gasteiger partial charge >= 0.3 is 0 Å². The first-order chi connectivity index (χ1) is 10.1. The normalized spacial score (nSPS) is 22.5. The van der Waals surface area contributed by atoms with Crippen LogP contribution in [0.25, 0.3) is 10.9 Å². The molecular formula is C17H22N2O2. The maximum Gasteiger partial charge on any atom is 0.246 e. The maximum atomic E-state index is 5.89. The topological polar surface area (TPSA) is 46.3 Å². The summed E-state index contributed by atoms with van der Waals surface area (Å²) >= 11 is 0. The monoisotopic (exact) mass is 286 g/mol. The second kappa shape index (κ2) is 4.41. The molecular weight excluding hydrogens is 264 g/mol. The molecule has 0 spiro atoms. The highest BCUT2D eigenvalue weighted by Gasteiger charge is 2.33. The van der Waals surface area contributed by atoms with Crippen LogP contribution in [0.1, 0.15) is 38.4 Å². The molecule has 1 unspecified atom stereocenters. The summed E-state index contributed by atoms with van der Waals surface area (Å²) in [5.41, 5.74) is 3.98. The highest BCUT2D eigenvalue weighted by atomic mass is 16.7. The van der Waals surface area contributed by atoms with Gasteiger partial charge in [-0.3, -0.25) is 0 Å². The van der Waals surface area contributed by atoms with Crippen LogP contribution in [0.5, 0.6) is 11.5 Å². The quantitative estimate of drug-likeness (QED) is 0.891. The molecule has 4 rings (SSSR count). The van der Waals surface area contributed by atoms with Crippen LogP contribution in [0.15, 0.2) is 12.1 Å². The van der Waals surface area contributed by atoms with Crippen molar-refractivity contribution in [2.45, 2.75) is 51.9 Å². The molecule has 0 saturated heterocycles. The summed E-state index contributed by atoms with van der Waals surface area (Å²) in [6, 6.07) is 4.81. The number of rotatable bonds is 2. The molecule has 0 amide bonds. The van der Waals surface area contributed by atoms with Crippen LogP contribution in [0, 0.1) is 0 Å². The van der Waals surface area contributed by atoms with Gasteiger partial charge in [-0.15, -0.1) is 0 Å². The molecule has 2 aliphatic rings. The van der Waals surface area contributed by atoms with Gasteiger partial charge in [-0.25, -0.2) is 0 Å². The zero-order valence-corrected chi connectivity index (χ0v) is 12.9. The predicted octanol–water partition coefficient (Wildman–Crippen LogP) is 3.14. The summed E-state index contributed by atoms with van der Waals surface area (Å²) in [5, 5.41) is 4.86. The van der Waals surface area contributed by atoms with Crippen molar-refractivity contribution in [3.8, 4) is 11.5 Å². The van der Waals surface area contributed by atoms with Gasteiger partial charge in [0, 0.05) is 42.6 Å². The minimum atomic E-state index is -0.562. The van der Waals surface area contributed by atoms with Gasteiger partial charge in [-0.05, 0) is 37.4 Å². The van der Waals surface area contributed by atoms with Crippen molar-refractivity contribution in [2.75, 3.05) is 6.54 Å². The van der Waals surface area contributed by atoms with Crippen LogP contribution in [-0.2, 0) is 12.8 Å². The first kappa shape index (κ1) is 13.0. The van der Waals surface area contributed by atoms with Crippen molar-refractivity contribution < 1.29 is 9.47 Å². The zero-order chi connectivity index (χ0) is 14.6. The van der Waals surface area contributed by atoms with Crippen molar-refractivity contribution in [2.24, 2.45) is 0 Å². The van der Waals surface area contributed by atoms with E-state index in [2.05, 4.69) is 29.4 Å². The van der Waals surface area contributed by atoms with E-state index in [-0.39, 0.29) is 0 Å². The number of ether oxygens (including phenoxy) is 2. The van der Waals surface area contributed by atoms with Crippen molar-refractivity contribution in [1.82, 2.24) is 10.3 Å². The Morgan fingerprint density at radius 2 is 2.05 bits per heavy atom. The Labute approximate surface area is 124 Å². The van der Waals surface area contributed by atoms with E-state index >= 15 is 0 Å². The Morgan fingerprint density at radius 3 is 2.81 bits per heavy atom. The molecule has 1 aromatic heterocycles. The largest absolute Gasteiger partial charge is 0.449 e. The molecule has 2 N–H and O–H groups in total. The summed E-state index contributed by atoms with van der Waals surface area (Å²) in [6.45, 7) is 7.09. The minimum Gasteiger partial charge on any atom is -0.449 e. The molecule has 4 nitrogen and oxygen atoms in total. The fraction of sp³-hybridized carbons (Fsp3) is 0.529. The van der Waals surface area contributed by atoms with Crippen LogP contribution >= 0.6 is 0 Å². The second-order valence-electron chi connectivity index (χ2n) is 6.53. The molecule has 21 heavy (non-hydrogen) atoms. The van der Waals surface area contributed by atoms with Crippen molar-refractivity contribution >= 4 is 10.9 Å². The average molecular weight is 286 g/mol. The van der Waals surface area contributed by atoms with E-state index in [1.54, 1.807) is 0 Å². The van der Waals surface area contributed by atoms with Crippen molar-refractivity contribution in [3.63, 3.8) is 0 Å². The molecule has 112 valence electrons. The Bertz CT molecular complexity index is 702. The lowest BCUT2D eigenvalue weighted by atomic mass is 9.91. The lowest BCUT2D eigenvalue weighted by Crippen LogP contribution is -2.34. The highest BCUT2D eigenvalue weighted by molar-refractivity contribution is 5.88. The van der Waals surface area contributed by atoms with Gasteiger partial charge < -0.3 is 19.8 Å². The van der Waals surface area contributed by atoms with Gasteiger partial charge in [0.15, 0.2) is 11.5 Å². The van der Waals surface area contributed by atoms with Crippen LogP contribution in [0.3, 0.4) is 0 Å². The standard InChI is InChI=1S/C17H22N2O2/c1-4-18-10-5-6-13-11(7-10)12-8-15-16(9-14(12)19-13)21-17(2,3)20-15/h8-10,18-19H,4-7H2,1-3H3. The number of aromatic amines is 1. The molecule has 4 heteroatoms. The van der Waals surface area contributed by atoms with Crippen LogP contribution < -0.4 is 14.8 Å². The molecule has 0 radical (unpaired) electrons. The number of fused-ring (bicyclic) bond motifs is 4. The number of benzene rings is 1. The van der Waals surface area contributed by atoms with E-state index in [0.717, 1.165) is 36.4 Å². The lowest BCUT2D eigenvalue weighted by Gasteiger charge is -2.23. The lowest BCUT2D eigenvalue weighted by molar-refractivity contribution is -0.0431. The number of hydrogen-bond acceptors (Lipinski definition) is 3. The molecule has 1 aliphatic heterocycles. The first-order valence-corrected chi connectivity index (χ1v) is 7.84. The molecule has 0 bridgehead atoms.